The molecule has 5 nitrogen and oxygen atoms in total. The molecule has 6 heteroatoms. The summed E-state index contributed by atoms with van der Waals surface area (Å²) < 4.78 is 1.70. The van der Waals surface area contributed by atoms with Gasteiger partial charge in [-0.3, -0.25) is 9.48 Å². The van der Waals surface area contributed by atoms with E-state index in [0.29, 0.717) is 29.5 Å². The Kier molecular flexibility index (Phi) is 4.94. The maximum atomic E-state index is 12.5. The number of rotatable bonds is 2. The molecule has 3 rings (SSSR count). The predicted molar refractivity (Wildman–Crippen MR) is 84.5 cm³/mol. The topological polar surface area (TPSA) is 72.9 Å². The second kappa shape index (κ2) is 6.36. The molecule has 0 aromatic carbocycles. The number of fused-ring (bicyclic) bond motifs is 2. The number of nitrogens with zero attached hydrogens (tertiary/aromatic N) is 2. The fourth-order valence-corrected chi connectivity index (χ4v) is 4.08. The maximum Gasteiger partial charge on any atom is 0.254 e. The number of amides is 1. The van der Waals surface area contributed by atoms with Crippen LogP contribution in [0.3, 0.4) is 0 Å². The van der Waals surface area contributed by atoms with E-state index in [2.05, 4.69) is 10.4 Å². The van der Waals surface area contributed by atoms with Crippen molar-refractivity contribution >= 4 is 18.3 Å². The number of halogens is 1. The van der Waals surface area contributed by atoms with Gasteiger partial charge >= 0.3 is 0 Å². The van der Waals surface area contributed by atoms with Crippen LogP contribution in [0.2, 0.25) is 0 Å². The number of hydrogen-bond donors (Lipinski definition) is 2. The Hall–Kier alpha value is -1.07. The van der Waals surface area contributed by atoms with E-state index in [0.717, 1.165) is 18.5 Å². The number of hydrogen-bond acceptors (Lipinski definition) is 3. The summed E-state index contributed by atoms with van der Waals surface area (Å²) in [5.41, 5.74) is 7.62. The van der Waals surface area contributed by atoms with Gasteiger partial charge in [0.05, 0.1) is 11.3 Å². The summed E-state index contributed by atoms with van der Waals surface area (Å²) in [5, 5.41) is 7.51. The Morgan fingerprint density at radius 3 is 2.52 bits per heavy atom. The number of nitrogens with one attached hydrogen (secondary N) is 1. The van der Waals surface area contributed by atoms with Gasteiger partial charge in [0.1, 0.15) is 0 Å². The molecule has 2 bridgehead atoms. The van der Waals surface area contributed by atoms with E-state index < -0.39 is 0 Å². The van der Waals surface area contributed by atoms with E-state index in [1.54, 1.807) is 10.9 Å². The van der Waals surface area contributed by atoms with Gasteiger partial charge in [0, 0.05) is 25.3 Å². The summed E-state index contributed by atoms with van der Waals surface area (Å²) in [6.45, 7) is 1.88. The summed E-state index contributed by atoms with van der Waals surface area (Å²) in [7, 11) is 1.85. The zero-order chi connectivity index (χ0) is 14.3. The van der Waals surface area contributed by atoms with Crippen molar-refractivity contribution in [1.29, 1.82) is 0 Å². The third kappa shape index (κ3) is 3.24. The average Bonchev–Trinajstić information content (AvgIpc) is 2.69. The van der Waals surface area contributed by atoms with Crippen molar-refractivity contribution in [2.24, 2.45) is 24.6 Å². The van der Waals surface area contributed by atoms with Gasteiger partial charge in [-0.1, -0.05) is 6.42 Å². The third-order valence-electron chi connectivity index (χ3n) is 4.93. The minimum absolute atomic E-state index is 0. The van der Waals surface area contributed by atoms with Gasteiger partial charge in [-0.2, -0.15) is 5.10 Å². The van der Waals surface area contributed by atoms with Gasteiger partial charge in [-0.15, -0.1) is 12.4 Å². The normalized spacial score (nSPS) is 31.4. The Balaban J connectivity index is 0.00000161. The molecule has 1 heterocycles. The van der Waals surface area contributed by atoms with E-state index in [-0.39, 0.29) is 18.3 Å². The second-order valence-electron chi connectivity index (χ2n) is 6.48. The van der Waals surface area contributed by atoms with Crippen LogP contribution >= 0.6 is 12.4 Å². The van der Waals surface area contributed by atoms with Gasteiger partial charge in [-0.25, -0.2) is 0 Å². The van der Waals surface area contributed by atoms with Crippen molar-refractivity contribution < 1.29 is 4.79 Å². The van der Waals surface area contributed by atoms with Crippen LogP contribution in [-0.2, 0) is 7.05 Å². The highest BCUT2D eigenvalue weighted by molar-refractivity contribution is 5.95. The third-order valence-corrected chi connectivity index (χ3v) is 4.93. The Morgan fingerprint density at radius 1 is 1.38 bits per heavy atom. The molecule has 2 atom stereocenters. The molecule has 2 aliphatic carbocycles. The molecule has 2 aliphatic rings. The minimum atomic E-state index is 0. The van der Waals surface area contributed by atoms with Gasteiger partial charge in [0.15, 0.2) is 0 Å². The molecule has 1 aromatic rings. The lowest BCUT2D eigenvalue weighted by atomic mass is 9.67. The quantitative estimate of drug-likeness (QED) is 0.874. The molecule has 3 N–H and O–H groups in total. The summed E-state index contributed by atoms with van der Waals surface area (Å²) in [6.07, 6.45) is 7.57. The van der Waals surface area contributed by atoms with Gasteiger partial charge in [-0.05, 0) is 44.4 Å². The molecule has 2 saturated carbocycles. The fraction of sp³-hybridized carbons (Fsp3) is 0.733. The van der Waals surface area contributed by atoms with Crippen molar-refractivity contribution in [1.82, 2.24) is 15.1 Å². The van der Waals surface area contributed by atoms with Crippen LogP contribution in [0, 0.1) is 18.8 Å². The predicted octanol–water partition coefficient (Wildman–Crippen LogP) is 1.79. The summed E-state index contributed by atoms with van der Waals surface area (Å²) in [5.74, 6) is 1.13. The molecule has 0 radical (unpaired) electrons. The first-order chi connectivity index (χ1) is 9.54. The summed E-state index contributed by atoms with van der Waals surface area (Å²) in [4.78, 5) is 12.5. The number of aryl methyl sites for hydroxylation is 2. The molecule has 0 aliphatic heterocycles. The molecule has 0 spiro atoms. The van der Waals surface area contributed by atoms with Crippen LogP contribution in [0.15, 0.2) is 6.20 Å². The van der Waals surface area contributed by atoms with E-state index >= 15 is 0 Å². The van der Waals surface area contributed by atoms with Crippen LogP contribution in [0.1, 0.15) is 48.2 Å². The molecule has 118 valence electrons. The molecule has 21 heavy (non-hydrogen) atoms. The number of carbonyl (C=O) groups is 1. The molecule has 2 unspecified atom stereocenters. The van der Waals surface area contributed by atoms with Crippen molar-refractivity contribution in [3.63, 3.8) is 0 Å². The van der Waals surface area contributed by atoms with E-state index in [4.69, 9.17) is 5.73 Å². The first kappa shape index (κ1) is 16.3. The largest absolute Gasteiger partial charge is 0.349 e. The molecular weight excluding hydrogens is 288 g/mol. The molecule has 2 fully saturated rings. The first-order valence-corrected chi connectivity index (χ1v) is 7.61. The van der Waals surface area contributed by atoms with E-state index in [1.807, 2.05) is 14.0 Å². The monoisotopic (exact) mass is 312 g/mol. The van der Waals surface area contributed by atoms with Crippen LogP contribution < -0.4 is 11.1 Å². The molecule has 1 aromatic heterocycles. The lowest BCUT2D eigenvalue weighted by Gasteiger charge is -2.45. The van der Waals surface area contributed by atoms with Gasteiger partial charge in [0.25, 0.3) is 5.91 Å². The zero-order valence-electron chi connectivity index (χ0n) is 12.7. The number of aromatic nitrogens is 2. The van der Waals surface area contributed by atoms with Gasteiger partial charge < -0.3 is 11.1 Å². The Morgan fingerprint density at radius 2 is 2.00 bits per heavy atom. The smallest absolute Gasteiger partial charge is 0.254 e. The van der Waals surface area contributed by atoms with Crippen molar-refractivity contribution in [3.8, 4) is 0 Å². The van der Waals surface area contributed by atoms with E-state index in [9.17, 15) is 4.79 Å². The van der Waals surface area contributed by atoms with Crippen LogP contribution in [0.5, 0.6) is 0 Å². The number of carbonyl (C=O) groups excluding carboxylic acids is 1. The minimum Gasteiger partial charge on any atom is -0.349 e. The summed E-state index contributed by atoms with van der Waals surface area (Å²) >= 11 is 0. The molecular formula is C15H25ClN4O. The second-order valence-corrected chi connectivity index (χ2v) is 6.48. The molecule has 0 saturated heterocycles. The lowest BCUT2D eigenvalue weighted by Crippen LogP contribution is -2.53. The first-order valence-electron chi connectivity index (χ1n) is 7.61. The maximum absolute atomic E-state index is 12.5. The van der Waals surface area contributed by atoms with Crippen LogP contribution in [0.25, 0.3) is 0 Å². The fourth-order valence-electron chi connectivity index (χ4n) is 4.08. The SMILES string of the molecule is Cc1nn(C)cc1C(=O)NC1C2CCCC1CC(N)C2.Cl. The van der Waals surface area contributed by atoms with Crippen molar-refractivity contribution in [3.05, 3.63) is 17.5 Å². The standard InChI is InChI=1S/C15H24N4O.ClH/c1-9-13(8-19(2)18-9)15(20)17-14-10-4-3-5-11(14)7-12(16)6-10;/h8,10-12,14H,3-7,16H2,1-2H3,(H,17,20);1H. The highest BCUT2D eigenvalue weighted by Crippen LogP contribution is 2.39. The van der Waals surface area contributed by atoms with Crippen LogP contribution in [-0.4, -0.2) is 27.8 Å². The average molecular weight is 313 g/mol. The van der Waals surface area contributed by atoms with Gasteiger partial charge in [0.2, 0.25) is 0 Å². The van der Waals surface area contributed by atoms with E-state index in [1.165, 1.54) is 19.3 Å². The number of nitrogens with two attached hydrogens (primary N) is 1. The highest BCUT2D eigenvalue weighted by atomic mass is 35.5. The van der Waals surface area contributed by atoms with Crippen molar-refractivity contribution in [2.45, 2.75) is 51.1 Å². The Bertz CT molecular complexity index is 502. The molecule has 1 amide bonds. The summed E-state index contributed by atoms with van der Waals surface area (Å²) in [6, 6.07) is 0.620. The highest BCUT2D eigenvalue weighted by Gasteiger charge is 2.40. The lowest BCUT2D eigenvalue weighted by molar-refractivity contribution is 0.0755. The van der Waals surface area contributed by atoms with Crippen molar-refractivity contribution in [2.75, 3.05) is 0 Å². The van der Waals surface area contributed by atoms with Crippen LogP contribution in [0.4, 0.5) is 0 Å². The zero-order valence-corrected chi connectivity index (χ0v) is 13.5. The Labute approximate surface area is 132 Å².